The normalized spacial score (nSPS) is 9.70. The highest BCUT2D eigenvalue weighted by Crippen LogP contribution is 2.25. The van der Waals surface area contributed by atoms with E-state index in [9.17, 15) is 0 Å². The summed E-state index contributed by atoms with van der Waals surface area (Å²) in [4.78, 5) is 20.2. The molecule has 2 aromatic heterocycles. The van der Waals surface area contributed by atoms with Crippen LogP contribution in [0.2, 0.25) is 0 Å². The molecule has 8 N–H and O–H groups in total. The second-order valence-corrected chi connectivity index (χ2v) is 5.69. The summed E-state index contributed by atoms with van der Waals surface area (Å²) in [5.41, 5.74) is 8.96. The van der Waals surface area contributed by atoms with Crippen LogP contribution in [0, 0.1) is 0 Å². The fraction of sp³-hybridized carbons (Fsp3) is 0.333. The molecule has 0 aliphatic heterocycles. The fourth-order valence-corrected chi connectivity index (χ4v) is 2.74. The van der Waals surface area contributed by atoms with Crippen molar-refractivity contribution in [3.8, 4) is 11.3 Å². The number of nitrogen functional groups attached to an aromatic ring is 1. The summed E-state index contributed by atoms with van der Waals surface area (Å²) in [6, 6.07) is 9.99. The molecule has 0 aliphatic carbocycles. The minimum atomic E-state index is 0. The molecule has 0 fully saturated rings. The van der Waals surface area contributed by atoms with Crippen LogP contribution in [-0.2, 0) is 0 Å². The molecule has 3 rings (SSSR count). The van der Waals surface area contributed by atoms with Crippen molar-refractivity contribution in [1.82, 2.24) is 19.9 Å². The van der Waals surface area contributed by atoms with E-state index >= 15 is 0 Å². The van der Waals surface area contributed by atoms with Crippen molar-refractivity contribution in [2.24, 2.45) is 0 Å². The SMILES string of the molecule is CCCN(CCC)c1nc(N)nc2ncc(-c3ccccc3)nc12.O.O.O. The monoisotopic (exact) mass is 376 g/mol. The maximum absolute atomic E-state index is 5.89. The molecule has 0 aliphatic rings. The number of hydrogen-bond acceptors (Lipinski definition) is 6. The van der Waals surface area contributed by atoms with Crippen LogP contribution in [0.5, 0.6) is 0 Å². The van der Waals surface area contributed by atoms with Crippen molar-refractivity contribution in [3.63, 3.8) is 0 Å². The number of aromatic nitrogens is 4. The van der Waals surface area contributed by atoms with Crippen molar-refractivity contribution < 1.29 is 16.4 Å². The van der Waals surface area contributed by atoms with E-state index in [4.69, 9.17) is 10.7 Å². The van der Waals surface area contributed by atoms with Crippen LogP contribution >= 0.6 is 0 Å². The van der Waals surface area contributed by atoms with E-state index in [2.05, 4.69) is 33.7 Å². The zero-order valence-corrected chi connectivity index (χ0v) is 15.6. The average molecular weight is 376 g/mol. The number of benzene rings is 1. The van der Waals surface area contributed by atoms with Crippen molar-refractivity contribution in [3.05, 3.63) is 36.5 Å². The summed E-state index contributed by atoms with van der Waals surface area (Å²) in [5.74, 6) is 1.00. The van der Waals surface area contributed by atoms with Gasteiger partial charge < -0.3 is 27.1 Å². The summed E-state index contributed by atoms with van der Waals surface area (Å²) in [6.07, 6.45) is 3.78. The highest BCUT2D eigenvalue weighted by atomic mass is 16.0. The predicted octanol–water partition coefficient (Wildman–Crippen LogP) is 0.821. The van der Waals surface area contributed by atoms with Crippen molar-refractivity contribution in [2.45, 2.75) is 26.7 Å². The zero-order valence-electron chi connectivity index (χ0n) is 15.6. The van der Waals surface area contributed by atoms with E-state index in [0.29, 0.717) is 11.2 Å². The number of fused-ring (bicyclic) bond motifs is 1. The third-order valence-electron chi connectivity index (χ3n) is 3.76. The zero-order chi connectivity index (χ0) is 16.9. The van der Waals surface area contributed by atoms with Gasteiger partial charge in [-0.05, 0) is 12.8 Å². The van der Waals surface area contributed by atoms with E-state index in [0.717, 1.165) is 43.0 Å². The molecule has 9 heteroatoms. The molecular formula is C18H28N6O3. The molecule has 0 saturated carbocycles. The number of nitrogens with two attached hydrogens (primary N) is 1. The van der Waals surface area contributed by atoms with Gasteiger partial charge in [0.15, 0.2) is 17.0 Å². The maximum Gasteiger partial charge on any atom is 0.224 e. The molecule has 0 radical (unpaired) electrons. The van der Waals surface area contributed by atoms with Gasteiger partial charge in [-0.1, -0.05) is 44.2 Å². The van der Waals surface area contributed by atoms with Crippen LogP contribution in [0.15, 0.2) is 36.5 Å². The van der Waals surface area contributed by atoms with Crippen LogP contribution < -0.4 is 10.6 Å². The summed E-state index contributed by atoms with van der Waals surface area (Å²) in [6.45, 7) is 6.10. The van der Waals surface area contributed by atoms with Gasteiger partial charge in [-0.2, -0.15) is 9.97 Å². The Bertz CT molecular complexity index is 826. The largest absolute Gasteiger partial charge is 0.412 e. The van der Waals surface area contributed by atoms with Crippen LogP contribution in [0.1, 0.15) is 26.7 Å². The van der Waals surface area contributed by atoms with Gasteiger partial charge in [-0.3, -0.25) is 0 Å². The van der Waals surface area contributed by atoms with Crippen molar-refractivity contribution in [2.75, 3.05) is 23.7 Å². The van der Waals surface area contributed by atoms with Gasteiger partial charge in [0.25, 0.3) is 0 Å². The van der Waals surface area contributed by atoms with Gasteiger partial charge in [0.05, 0.1) is 11.9 Å². The molecule has 0 amide bonds. The highest BCUT2D eigenvalue weighted by Gasteiger charge is 2.16. The number of rotatable bonds is 6. The first-order valence-corrected chi connectivity index (χ1v) is 8.33. The molecule has 1 aromatic carbocycles. The van der Waals surface area contributed by atoms with Crippen molar-refractivity contribution >= 4 is 22.9 Å². The van der Waals surface area contributed by atoms with E-state index < -0.39 is 0 Å². The maximum atomic E-state index is 5.89. The molecule has 0 saturated heterocycles. The summed E-state index contributed by atoms with van der Waals surface area (Å²) in [5, 5.41) is 0. The molecule has 0 atom stereocenters. The second-order valence-electron chi connectivity index (χ2n) is 5.69. The second kappa shape index (κ2) is 11.0. The first-order chi connectivity index (χ1) is 11.7. The van der Waals surface area contributed by atoms with Gasteiger partial charge in [-0.25, -0.2) is 9.97 Å². The van der Waals surface area contributed by atoms with Crippen LogP contribution in [0.3, 0.4) is 0 Å². The fourth-order valence-electron chi connectivity index (χ4n) is 2.74. The molecule has 148 valence electrons. The summed E-state index contributed by atoms with van der Waals surface area (Å²) >= 11 is 0. The minimum absolute atomic E-state index is 0. The Labute approximate surface area is 158 Å². The summed E-state index contributed by atoms with van der Waals surface area (Å²) in [7, 11) is 0. The first kappa shape index (κ1) is 24.1. The lowest BCUT2D eigenvalue weighted by molar-refractivity contribution is 0.736. The Morgan fingerprint density at radius 2 is 1.52 bits per heavy atom. The summed E-state index contributed by atoms with van der Waals surface area (Å²) < 4.78 is 0. The Hall–Kier alpha value is -2.88. The Kier molecular flexibility index (Phi) is 9.80. The topological polar surface area (TPSA) is 175 Å². The quantitative estimate of drug-likeness (QED) is 0.665. The molecule has 2 heterocycles. The number of nitrogens with zero attached hydrogens (tertiary/aromatic N) is 5. The Morgan fingerprint density at radius 1 is 0.889 bits per heavy atom. The molecule has 0 bridgehead atoms. The van der Waals surface area contributed by atoms with Crippen LogP contribution in [0.4, 0.5) is 11.8 Å². The van der Waals surface area contributed by atoms with Crippen LogP contribution in [0.25, 0.3) is 22.4 Å². The van der Waals surface area contributed by atoms with Crippen molar-refractivity contribution in [1.29, 1.82) is 0 Å². The van der Waals surface area contributed by atoms with Gasteiger partial charge in [0.2, 0.25) is 5.95 Å². The third kappa shape index (κ3) is 5.30. The molecule has 3 aromatic rings. The lowest BCUT2D eigenvalue weighted by Gasteiger charge is -2.23. The van der Waals surface area contributed by atoms with Gasteiger partial charge >= 0.3 is 0 Å². The van der Waals surface area contributed by atoms with E-state index in [1.807, 2.05) is 30.3 Å². The Morgan fingerprint density at radius 3 is 2.11 bits per heavy atom. The third-order valence-corrected chi connectivity index (χ3v) is 3.76. The molecule has 27 heavy (non-hydrogen) atoms. The average Bonchev–Trinajstić information content (AvgIpc) is 2.61. The molecular weight excluding hydrogens is 348 g/mol. The van der Waals surface area contributed by atoms with Gasteiger partial charge in [0, 0.05) is 18.7 Å². The van der Waals surface area contributed by atoms with E-state index in [1.54, 1.807) is 6.20 Å². The predicted molar refractivity (Wildman–Crippen MR) is 109 cm³/mol. The van der Waals surface area contributed by atoms with Crippen LogP contribution in [-0.4, -0.2) is 49.5 Å². The first-order valence-electron chi connectivity index (χ1n) is 8.33. The highest BCUT2D eigenvalue weighted by molar-refractivity contribution is 5.85. The lowest BCUT2D eigenvalue weighted by Crippen LogP contribution is -2.27. The molecule has 9 nitrogen and oxygen atoms in total. The van der Waals surface area contributed by atoms with Gasteiger partial charge in [-0.15, -0.1) is 0 Å². The Balaban J connectivity index is 0.00000225. The number of hydrogen-bond donors (Lipinski definition) is 1. The minimum Gasteiger partial charge on any atom is -0.412 e. The van der Waals surface area contributed by atoms with E-state index in [1.165, 1.54) is 0 Å². The lowest BCUT2D eigenvalue weighted by atomic mass is 10.1. The smallest absolute Gasteiger partial charge is 0.224 e. The number of anilines is 2. The standard InChI is InChI=1S/C18H22N6.3H2O/c1-3-10-24(11-4-2)17-15-16(22-18(19)23-17)20-12-14(21-15)13-8-6-5-7-9-13;;;/h5-9,12H,3-4,10-11H2,1-2H3,(H2,19,20,22,23);3*1H2. The molecule has 0 spiro atoms. The molecule has 0 unspecified atom stereocenters. The van der Waals surface area contributed by atoms with Gasteiger partial charge in [0.1, 0.15) is 0 Å². The van der Waals surface area contributed by atoms with E-state index in [-0.39, 0.29) is 22.4 Å².